The van der Waals surface area contributed by atoms with Gasteiger partial charge >= 0.3 is 0 Å². The van der Waals surface area contributed by atoms with Gasteiger partial charge in [-0.25, -0.2) is 14.4 Å². The van der Waals surface area contributed by atoms with Crippen LogP contribution in [0.15, 0.2) is 29.3 Å². The molecule has 0 spiro atoms. The number of halogens is 1. The summed E-state index contributed by atoms with van der Waals surface area (Å²) in [6, 6.07) is 5.62. The number of nitrogens with zero attached hydrogens (tertiary/aromatic N) is 2. The Morgan fingerprint density at radius 1 is 1.23 bits per heavy atom. The van der Waals surface area contributed by atoms with E-state index >= 15 is 0 Å². The summed E-state index contributed by atoms with van der Waals surface area (Å²) in [5.41, 5.74) is 1.61. The molecule has 2 aromatic rings. The molecule has 1 aromatic heterocycles. The van der Waals surface area contributed by atoms with Gasteiger partial charge in [-0.1, -0.05) is 0 Å². The Balaban J connectivity index is 1.82. The highest BCUT2D eigenvalue weighted by Crippen LogP contribution is 2.16. The van der Waals surface area contributed by atoms with Gasteiger partial charge in [0.05, 0.1) is 10.7 Å². The first-order valence-corrected chi connectivity index (χ1v) is 9.30. The van der Waals surface area contributed by atoms with E-state index in [9.17, 15) is 9.18 Å². The Bertz CT molecular complexity index is 738. The molecule has 0 saturated heterocycles. The third kappa shape index (κ3) is 6.44. The number of aromatic nitrogens is 1. The van der Waals surface area contributed by atoms with Gasteiger partial charge in [0.1, 0.15) is 12.4 Å². The van der Waals surface area contributed by atoms with Crippen LogP contribution in [0.3, 0.4) is 0 Å². The van der Waals surface area contributed by atoms with E-state index < -0.39 is 0 Å². The lowest BCUT2D eigenvalue weighted by molar-refractivity contribution is -0.114. The van der Waals surface area contributed by atoms with Crippen molar-refractivity contribution in [2.24, 2.45) is 4.99 Å². The molecule has 1 amide bonds. The molecule has 0 atom stereocenters. The Morgan fingerprint density at radius 3 is 2.58 bits per heavy atom. The third-order valence-corrected chi connectivity index (χ3v) is 4.69. The Morgan fingerprint density at radius 2 is 1.96 bits per heavy atom. The molecule has 2 rings (SSSR count). The lowest BCUT2D eigenvalue weighted by Crippen LogP contribution is -2.39. The van der Waals surface area contributed by atoms with Crippen LogP contribution in [0.5, 0.6) is 0 Å². The number of aliphatic imine (C=N–C) groups is 1. The van der Waals surface area contributed by atoms with Crippen LogP contribution >= 0.6 is 11.3 Å². The molecule has 1 heterocycles. The molecule has 0 radical (unpaired) electrons. The van der Waals surface area contributed by atoms with Gasteiger partial charge in [-0.05, 0) is 45.0 Å². The first-order valence-electron chi connectivity index (χ1n) is 8.48. The van der Waals surface area contributed by atoms with Crippen molar-refractivity contribution < 1.29 is 9.18 Å². The van der Waals surface area contributed by atoms with Crippen LogP contribution in [0, 0.1) is 19.7 Å². The normalized spacial score (nSPS) is 11.3. The van der Waals surface area contributed by atoms with Crippen molar-refractivity contribution in [3.8, 4) is 0 Å². The van der Waals surface area contributed by atoms with Gasteiger partial charge in [-0.2, -0.15) is 0 Å². The van der Waals surface area contributed by atoms with Gasteiger partial charge in [0.25, 0.3) is 0 Å². The van der Waals surface area contributed by atoms with Gasteiger partial charge in [0.2, 0.25) is 5.91 Å². The minimum atomic E-state index is -0.342. The number of guanidine groups is 1. The van der Waals surface area contributed by atoms with Crippen LogP contribution in [-0.2, 0) is 11.2 Å². The molecule has 140 valence electrons. The van der Waals surface area contributed by atoms with Crippen LogP contribution in [0.25, 0.3) is 0 Å². The second-order valence-corrected chi connectivity index (χ2v) is 6.96. The number of thiazole rings is 1. The van der Waals surface area contributed by atoms with Crippen LogP contribution in [0.2, 0.25) is 0 Å². The Labute approximate surface area is 157 Å². The number of amides is 1. The summed E-state index contributed by atoms with van der Waals surface area (Å²) in [5.74, 6) is -0.0305. The van der Waals surface area contributed by atoms with E-state index in [4.69, 9.17) is 0 Å². The summed E-state index contributed by atoms with van der Waals surface area (Å²) in [4.78, 5) is 22.0. The first kappa shape index (κ1) is 19.8. The largest absolute Gasteiger partial charge is 0.357 e. The average molecular weight is 377 g/mol. The standard InChI is InChI=1S/C18H24FN5OS/c1-4-20-18(21-10-9-17-23-12(2)13(3)26-17)22-11-16(25)24-15-7-5-14(19)6-8-15/h5-8H,4,9-11H2,1-3H3,(H,24,25)(H2,20,21,22). The number of aryl methyl sites for hydroxylation is 2. The zero-order chi connectivity index (χ0) is 18.9. The van der Waals surface area contributed by atoms with Crippen molar-refractivity contribution in [3.63, 3.8) is 0 Å². The van der Waals surface area contributed by atoms with E-state index in [1.165, 1.54) is 29.1 Å². The smallest absolute Gasteiger partial charge is 0.246 e. The van der Waals surface area contributed by atoms with Gasteiger partial charge in [-0.3, -0.25) is 4.79 Å². The van der Waals surface area contributed by atoms with E-state index in [1.54, 1.807) is 11.3 Å². The summed E-state index contributed by atoms with van der Waals surface area (Å²) < 4.78 is 12.9. The zero-order valence-electron chi connectivity index (χ0n) is 15.2. The molecule has 0 aliphatic heterocycles. The van der Waals surface area contributed by atoms with E-state index in [2.05, 4.69) is 32.9 Å². The molecule has 0 unspecified atom stereocenters. The highest BCUT2D eigenvalue weighted by Gasteiger charge is 2.06. The fraction of sp³-hybridized carbons (Fsp3) is 0.389. The lowest BCUT2D eigenvalue weighted by atomic mass is 10.3. The molecule has 0 aliphatic rings. The molecule has 0 saturated carbocycles. The summed E-state index contributed by atoms with van der Waals surface area (Å²) >= 11 is 1.70. The van der Waals surface area contributed by atoms with Gasteiger partial charge in [-0.15, -0.1) is 11.3 Å². The summed E-state index contributed by atoms with van der Waals surface area (Å²) in [6.07, 6.45) is 0.797. The predicted molar refractivity (Wildman–Crippen MR) is 104 cm³/mol. The van der Waals surface area contributed by atoms with Gasteiger partial charge in [0, 0.05) is 30.1 Å². The highest BCUT2D eigenvalue weighted by molar-refractivity contribution is 7.11. The summed E-state index contributed by atoms with van der Waals surface area (Å²) in [5, 5.41) is 10.1. The second-order valence-electron chi connectivity index (χ2n) is 5.68. The lowest BCUT2D eigenvalue weighted by Gasteiger charge is -2.10. The fourth-order valence-corrected chi connectivity index (χ4v) is 3.09. The second kappa shape index (κ2) is 9.86. The topological polar surface area (TPSA) is 78.4 Å². The van der Waals surface area contributed by atoms with Crippen molar-refractivity contribution in [1.29, 1.82) is 0 Å². The van der Waals surface area contributed by atoms with Gasteiger partial charge in [0.15, 0.2) is 5.96 Å². The molecule has 0 fully saturated rings. The fourth-order valence-electron chi connectivity index (χ4n) is 2.16. The van der Waals surface area contributed by atoms with Crippen LogP contribution < -0.4 is 16.0 Å². The molecule has 6 nitrogen and oxygen atoms in total. The molecule has 0 bridgehead atoms. The summed E-state index contributed by atoms with van der Waals surface area (Å²) in [7, 11) is 0. The molecule has 1 aromatic carbocycles. The number of rotatable bonds is 7. The number of carbonyl (C=O) groups is 1. The van der Waals surface area contributed by atoms with Crippen molar-refractivity contribution in [2.45, 2.75) is 27.2 Å². The molecular weight excluding hydrogens is 353 g/mol. The van der Waals surface area contributed by atoms with Crippen molar-refractivity contribution >= 4 is 28.9 Å². The number of hydrogen-bond acceptors (Lipinski definition) is 4. The average Bonchev–Trinajstić information content (AvgIpc) is 2.92. The number of nitrogens with one attached hydrogen (secondary N) is 3. The minimum absolute atomic E-state index is 0.0256. The molecule has 0 aliphatic carbocycles. The summed E-state index contributed by atoms with van der Waals surface area (Å²) in [6.45, 7) is 7.38. The van der Waals surface area contributed by atoms with Crippen LogP contribution in [-0.4, -0.2) is 36.5 Å². The monoisotopic (exact) mass is 377 g/mol. The maximum absolute atomic E-state index is 12.9. The number of carbonyl (C=O) groups excluding carboxylic acids is 1. The quantitative estimate of drug-likeness (QED) is 0.512. The van der Waals surface area contributed by atoms with Crippen molar-refractivity contribution in [2.75, 3.05) is 25.0 Å². The number of hydrogen-bond donors (Lipinski definition) is 3. The SMILES string of the molecule is CCNC(=NCC(=O)Nc1ccc(F)cc1)NCCc1nc(C)c(C)s1. The van der Waals surface area contributed by atoms with Crippen LogP contribution in [0.1, 0.15) is 22.5 Å². The van der Waals surface area contributed by atoms with E-state index in [0.717, 1.165) is 17.1 Å². The van der Waals surface area contributed by atoms with E-state index in [1.807, 2.05) is 13.8 Å². The van der Waals surface area contributed by atoms with E-state index in [-0.39, 0.29) is 18.3 Å². The Kier molecular flexibility index (Phi) is 7.53. The molecular formula is C18H24FN5OS. The van der Waals surface area contributed by atoms with Gasteiger partial charge < -0.3 is 16.0 Å². The minimum Gasteiger partial charge on any atom is -0.357 e. The highest BCUT2D eigenvalue weighted by atomic mass is 32.1. The predicted octanol–water partition coefficient (Wildman–Crippen LogP) is 2.64. The number of benzene rings is 1. The Hall–Kier alpha value is -2.48. The van der Waals surface area contributed by atoms with Crippen LogP contribution in [0.4, 0.5) is 10.1 Å². The first-order chi connectivity index (χ1) is 12.5. The van der Waals surface area contributed by atoms with Crippen molar-refractivity contribution in [3.05, 3.63) is 45.7 Å². The molecule has 8 heteroatoms. The molecule has 26 heavy (non-hydrogen) atoms. The van der Waals surface area contributed by atoms with E-state index in [0.29, 0.717) is 24.7 Å². The maximum Gasteiger partial charge on any atom is 0.246 e. The zero-order valence-corrected chi connectivity index (χ0v) is 16.0. The van der Waals surface area contributed by atoms with Crippen molar-refractivity contribution in [1.82, 2.24) is 15.6 Å². The third-order valence-electron chi connectivity index (χ3n) is 3.56. The molecule has 3 N–H and O–H groups in total. The number of anilines is 1. The maximum atomic E-state index is 12.9.